The van der Waals surface area contributed by atoms with E-state index in [0.717, 1.165) is 0 Å². The monoisotopic (exact) mass is 160 g/mol. The molecule has 0 spiro atoms. The van der Waals surface area contributed by atoms with Crippen LogP contribution < -0.4 is 11.3 Å². The molecule has 0 rings (SSSR count). The van der Waals surface area contributed by atoms with Gasteiger partial charge >= 0.3 is 0 Å². The highest BCUT2D eigenvalue weighted by Crippen LogP contribution is 2.13. The highest BCUT2D eigenvalue weighted by atomic mass is 16.5. The summed E-state index contributed by atoms with van der Waals surface area (Å²) in [5.74, 6) is 6.54. The summed E-state index contributed by atoms with van der Waals surface area (Å²) in [7, 11) is 1.69. The summed E-state index contributed by atoms with van der Waals surface area (Å²) >= 11 is 0. The lowest BCUT2D eigenvalue weighted by Gasteiger charge is -2.25. The van der Waals surface area contributed by atoms with E-state index in [-0.39, 0.29) is 6.04 Å². The minimum absolute atomic E-state index is 0.264. The fraction of sp³-hybridized carbons (Fsp3) is 1.00. The van der Waals surface area contributed by atoms with Crippen LogP contribution in [0.25, 0.3) is 0 Å². The Labute approximate surface area is 69.3 Å². The number of hydrogen-bond donors (Lipinski definition) is 2. The Morgan fingerprint density at radius 2 is 1.91 bits per heavy atom. The molecule has 0 saturated heterocycles. The molecule has 0 radical (unpaired) electrons. The minimum Gasteiger partial charge on any atom is -0.383 e. The zero-order valence-corrected chi connectivity index (χ0v) is 7.92. The van der Waals surface area contributed by atoms with Crippen molar-refractivity contribution in [1.82, 2.24) is 5.43 Å². The van der Waals surface area contributed by atoms with E-state index in [2.05, 4.69) is 26.2 Å². The maximum absolute atomic E-state index is 5.37. The fourth-order valence-electron chi connectivity index (χ4n) is 0.996. The first-order valence-electron chi connectivity index (χ1n) is 4.08. The quantitative estimate of drug-likeness (QED) is 0.461. The van der Waals surface area contributed by atoms with E-state index in [4.69, 9.17) is 10.6 Å². The normalized spacial score (nSPS) is 16.9. The van der Waals surface area contributed by atoms with Gasteiger partial charge in [0.1, 0.15) is 0 Å². The largest absolute Gasteiger partial charge is 0.383 e. The number of hydrazine groups is 1. The molecule has 0 aliphatic carbocycles. The zero-order valence-electron chi connectivity index (χ0n) is 7.92. The van der Waals surface area contributed by atoms with Gasteiger partial charge in [-0.2, -0.15) is 0 Å². The maximum Gasteiger partial charge on any atom is 0.0632 e. The summed E-state index contributed by atoms with van der Waals surface area (Å²) in [6, 6.07) is 0.264. The van der Waals surface area contributed by atoms with Crippen molar-refractivity contribution in [3.63, 3.8) is 0 Å². The lowest BCUT2D eigenvalue weighted by atomic mass is 9.91. The molecule has 0 aliphatic heterocycles. The second-order valence-electron chi connectivity index (χ2n) is 3.33. The Kier molecular flexibility index (Phi) is 5.46. The molecule has 0 aromatic rings. The van der Waals surface area contributed by atoms with E-state index in [1.54, 1.807) is 7.11 Å². The Hall–Kier alpha value is -0.120. The fourth-order valence-corrected chi connectivity index (χ4v) is 0.996. The average molecular weight is 160 g/mol. The van der Waals surface area contributed by atoms with Gasteiger partial charge in [0.05, 0.1) is 6.61 Å². The van der Waals surface area contributed by atoms with Crippen molar-refractivity contribution in [3.8, 4) is 0 Å². The third-order valence-electron chi connectivity index (χ3n) is 2.25. The van der Waals surface area contributed by atoms with E-state index in [9.17, 15) is 0 Å². The highest BCUT2D eigenvalue weighted by Gasteiger charge is 2.18. The number of nitrogens with two attached hydrogens (primary N) is 1. The van der Waals surface area contributed by atoms with Crippen LogP contribution in [0.5, 0.6) is 0 Å². The Bertz CT molecular complexity index is 96.1. The summed E-state index contributed by atoms with van der Waals surface area (Å²) in [5, 5.41) is 0. The molecule has 0 saturated carbocycles. The van der Waals surface area contributed by atoms with E-state index < -0.39 is 0 Å². The van der Waals surface area contributed by atoms with Crippen molar-refractivity contribution >= 4 is 0 Å². The van der Waals surface area contributed by atoms with Crippen LogP contribution in [-0.2, 0) is 4.74 Å². The molecule has 0 fully saturated rings. The molecule has 0 heterocycles. The molecule has 0 aromatic carbocycles. The van der Waals surface area contributed by atoms with Gasteiger partial charge in [0, 0.05) is 13.2 Å². The second-order valence-corrected chi connectivity index (χ2v) is 3.33. The molecule has 3 nitrogen and oxygen atoms in total. The van der Waals surface area contributed by atoms with Crippen molar-refractivity contribution in [2.75, 3.05) is 13.7 Å². The number of methoxy groups -OCH3 is 1. The van der Waals surface area contributed by atoms with Gasteiger partial charge in [-0.1, -0.05) is 20.8 Å². The first kappa shape index (κ1) is 10.9. The number of rotatable bonds is 5. The zero-order chi connectivity index (χ0) is 8.85. The van der Waals surface area contributed by atoms with Crippen LogP contribution in [0.2, 0.25) is 0 Å². The molecule has 11 heavy (non-hydrogen) atoms. The standard InChI is InChI=1S/C8H20N2O/c1-6(2)7(3)8(10-9)5-11-4/h6-8,10H,5,9H2,1-4H3. The molecular formula is C8H20N2O. The lowest BCUT2D eigenvalue weighted by molar-refractivity contribution is 0.130. The predicted molar refractivity (Wildman–Crippen MR) is 47.0 cm³/mol. The van der Waals surface area contributed by atoms with E-state index >= 15 is 0 Å². The van der Waals surface area contributed by atoms with E-state index in [0.29, 0.717) is 18.4 Å². The topological polar surface area (TPSA) is 47.3 Å². The van der Waals surface area contributed by atoms with Crippen molar-refractivity contribution in [2.24, 2.45) is 17.7 Å². The Morgan fingerprint density at radius 3 is 2.18 bits per heavy atom. The lowest BCUT2D eigenvalue weighted by Crippen LogP contribution is -2.44. The SMILES string of the molecule is COCC(NN)C(C)C(C)C. The van der Waals surface area contributed by atoms with Crippen molar-refractivity contribution in [1.29, 1.82) is 0 Å². The Morgan fingerprint density at radius 1 is 1.36 bits per heavy atom. The molecule has 3 heteroatoms. The van der Waals surface area contributed by atoms with Crippen molar-refractivity contribution < 1.29 is 4.74 Å². The molecule has 0 bridgehead atoms. The Balaban J connectivity index is 3.81. The molecule has 68 valence electrons. The molecular weight excluding hydrogens is 140 g/mol. The molecule has 2 unspecified atom stereocenters. The van der Waals surface area contributed by atoms with Crippen LogP contribution in [0.3, 0.4) is 0 Å². The van der Waals surface area contributed by atoms with Gasteiger partial charge < -0.3 is 4.74 Å². The van der Waals surface area contributed by atoms with Crippen LogP contribution in [0.4, 0.5) is 0 Å². The first-order chi connectivity index (χ1) is 5.13. The van der Waals surface area contributed by atoms with E-state index in [1.807, 2.05) is 0 Å². The summed E-state index contributed by atoms with van der Waals surface area (Å²) in [6.45, 7) is 7.22. The highest BCUT2D eigenvalue weighted by molar-refractivity contribution is 4.72. The van der Waals surface area contributed by atoms with Gasteiger partial charge in [-0.25, -0.2) is 0 Å². The number of nitrogens with one attached hydrogen (secondary N) is 1. The molecule has 0 aromatic heterocycles. The summed E-state index contributed by atoms with van der Waals surface area (Å²) in [5.41, 5.74) is 2.76. The van der Waals surface area contributed by atoms with Crippen LogP contribution >= 0.6 is 0 Å². The van der Waals surface area contributed by atoms with Gasteiger partial charge in [-0.05, 0) is 11.8 Å². The van der Waals surface area contributed by atoms with E-state index in [1.165, 1.54) is 0 Å². The second kappa shape index (κ2) is 5.52. The van der Waals surface area contributed by atoms with Crippen LogP contribution in [-0.4, -0.2) is 19.8 Å². The van der Waals surface area contributed by atoms with Crippen molar-refractivity contribution in [3.05, 3.63) is 0 Å². The minimum atomic E-state index is 0.264. The predicted octanol–water partition coefficient (Wildman–Crippen LogP) is 0.757. The van der Waals surface area contributed by atoms with Crippen LogP contribution in [0, 0.1) is 11.8 Å². The maximum atomic E-state index is 5.37. The van der Waals surface area contributed by atoms with Crippen LogP contribution in [0.15, 0.2) is 0 Å². The summed E-state index contributed by atoms with van der Waals surface area (Å²) in [4.78, 5) is 0. The van der Waals surface area contributed by atoms with Gasteiger partial charge in [-0.15, -0.1) is 0 Å². The number of ether oxygens (including phenoxy) is 1. The number of hydrogen-bond acceptors (Lipinski definition) is 3. The third-order valence-corrected chi connectivity index (χ3v) is 2.25. The average Bonchev–Trinajstić information content (AvgIpc) is 1.98. The van der Waals surface area contributed by atoms with Crippen molar-refractivity contribution in [2.45, 2.75) is 26.8 Å². The van der Waals surface area contributed by atoms with Crippen LogP contribution in [0.1, 0.15) is 20.8 Å². The molecule has 0 aliphatic rings. The summed E-state index contributed by atoms with van der Waals surface area (Å²) < 4.78 is 5.02. The smallest absolute Gasteiger partial charge is 0.0632 e. The molecule has 3 N–H and O–H groups in total. The van der Waals surface area contributed by atoms with Gasteiger partial charge in [0.2, 0.25) is 0 Å². The van der Waals surface area contributed by atoms with Gasteiger partial charge in [-0.3, -0.25) is 11.3 Å². The first-order valence-corrected chi connectivity index (χ1v) is 4.08. The molecule has 2 atom stereocenters. The summed E-state index contributed by atoms with van der Waals surface area (Å²) in [6.07, 6.45) is 0. The van der Waals surface area contributed by atoms with Gasteiger partial charge in [0.15, 0.2) is 0 Å². The third kappa shape index (κ3) is 3.70. The molecule has 0 amide bonds. The van der Waals surface area contributed by atoms with Gasteiger partial charge in [0.25, 0.3) is 0 Å².